The van der Waals surface area contributed by atoms with E-state index in [1.165, 1.54) is 12.3 Å². The molecule has 6 heteroatoms. The number of hydrogen-bond acceptors (Lipinski definition) is 4. The van der Waals surface area contributed by atoms with E-state index in [1.807, 2.05) is 11.8 Å². The Morgan fingerprint density at radius 3 is 2.88 bits per heavy atom. The molecule has 1 aliphatic rings. The van der Waals surface area contributed by atoms with Gasteiger partial charge >= 0.3 is 5.97 Å². The number of pyridine rings is 1. The average molecular weight is 256 g/mol. The number of aromatic carboxylic acids is 1. The number of halogens is 1. The van der Waals surface area contributed by atoms with Crippen molar-refractivity contribution in [3.8, 4) is 0 Å². The number of carbonyl (C=O) groups is 1. The zero-order chi connectivity index (χ0) is 12.3. The summed E-state index contributed by atoms with van der Waals surface area (Å²) < 4.78 is 13.8. The molecule has 92 valence electrons. The Labute approximate surface area is 103 Å². The molecule has 0 amide bonds. The van der Waals surface area contributed by atoms with Gasteiger partial charge in [-0.05, 0) is 30.4 Å². The molecule has 2 N–H and O–H groups in total. The largest absolute Gasteiger partial charge is 0.478 e. The number of anilines is 1. The van der Waals surface area contributed by atoms with E-state index in [0.717, 1.165) is 24.3 Å². The molecule has 2 heterocycles. The first-order valence-electron chi connectivity index (χ1n) is 5.40. The molecular weight excluding hydrogens is 243 g/mol. The molecule has 1 fully saturated rings. The second-order valence-corrected chi connectivity index (χ2v) is 5.08. The first kappa shape index (κ1) is 12.2. The molecule has 1 aliphatic heterocycles. The van der Waals surface area contributed by atoms with Gasteiger partial charge < -0.3 is 10.4 Å². The van der Waals surface area contributed by atoms with Gasteiger partial charge in [0.25, 0.3) is 0 Å². The summed E-state index contributed by atoms with van der Waals surface area (Å²) in [6.45, 7) is 0. The monoisotopic (exact) mass is 256 g/mol. The van der Waals surface area contributed by atoms with Crippen molar-refractivity contribution in [1.82, 2.24) is 4.98 Å². The highest BCUT2D eigenvalue weighted by atomic mass is 32.2. The first-order chi connectivity index (χ1) is 8.18. The molecular formula is C11H13FN2O2S. The molecule has 1 aromatic heterocycles. The standard InChI is InChI=1S/C11H13FN2O2S/c12-9-8(11(15)16)1-4-13-10(9)14-7-2-5-17-6-3-7/h1,4,7H,2-3,5-6H2,(H,13,14)(H,15,16). The number of nitrogens with zero attached hydrogens (tertiary/aromatic N) is 1. The van der Waals surface area contributed by atoms with Crippen LogP contribution in [0.1, 0.15) is 23.2 Å². The van der Waals surface area contributed by atoms with E-state index in [4.69, 9.17) is 5.11 Å². The summed E-state index contributed by atoms with van der Waals surface area (Å²) in [5.41, 5.74) is -0.340. The number of rotatable bonds is 3. The minimum atomic E-state index is -1.27. The van der Waals surface area contributed by atoms with E-state index < -0.39 is 11.8 Å². The Morgan fingerprint density at radius 2 is 2.24 bits per heavy atom. The third-order valence-electron chi connectivity index (χ3n) is 2.68. The lowest BCUT2D eigenvalue weighted by atomic mass is 10.1. The van der Waals surface area contributed by atoms with Crippen LogP contribution in [0.4, 0.5) is 10.2 Å². The predicted molar refractivity (Wildman–Crippen MR) is 65.1 cm³/mol. The zero-order valence-corrected chi connectivity index (χ0v) is 9.97. The third kappa shape index (κ3) is 2.88. The number of nitrogens with one attached hydrogen (secondary N) is 1. The van der Waals surface area contributed by atoms with Gasteiger partial charge in [-0.25, -0.2) is 14.2 Å². The molecule has 0 bridgehead atoms. The first-order valence-corrected chi connectivity index (χ1v) is 6.56. The maximum atomic E-state index is 13.8. The summed E-state index contributed by atoms with van der Waals surface area (Å²) in [4.78, 5) is 14.6. The lowest BCUT2D eigenvalue weighted by Crippen LogP contribution is -2.26. The van der Waals surface area contributed by atoms with Crippen LogP contribution in [-0.4, -0.2) is 33.6 Å². The van der Waals surface area contributed by atoms with E-state index >= 15 is 0 Å². The summed E-state index contributed by atoms with van der Waals surface area (Å²) in [7, 11) is 0. The Hall–Kier alpha value is -1.30. The number of thioether (sulfide) groups is 1. The number of aromatic nitrogens is 1. The fraction of sp³-hybridized carbons (Fsp3) is 0.455. The van der Waals surface area contributed by atoms with Crippen LogP contribution in [-0.2, 0) is 0 Å². The zero-order valence-electron chi connectivity index (χ0n) is 9.15. The van der Waals surface area contributed by atoms with Gasteiger partial charge in [0.1, 0.15) is 5.56 Å². The van der Waals surface area contributed by atoms with Gasteiger partial charge in [-0.2, -0.15) is 11.8 Å². The van der Waals surface area contributed by atoms with Gasteiger partial charge in [0.05, 0.1) is 0 Å². The quantitative estimate of drug-likeness (QED) is 0.868. The highest BCUT2D eigenvalue weighted by Gasteiger charge is 2.19. The minimum absolute atomic E-state index is 0.0433. The Bertz CT molecular complexity index is 422. The van der Waals surface area contributed by atoms with E-state index in [0.29, 0.717) is 0 Å². The molecule has 2 rings (SSSR count). The van der Waals surface area contributed by atoms with Crippen molar-refractivity contribution in [2.45, 2.75) is 18.9 Å². The molecule has 0 aromatic carbocycles. The van der Waals surface area contributed by atoms with Gasteiger partial charge in [0, 0.05) is 12.2 Å². The molecule has 4 nitrogen and oxygen atoms in total. The lowest BCUT2D eigenvalue weighted by molar-refractivity contribution is 0.0692. The van der Waals surface area contributed by atoms with Crippen molar-refractivity contribution in [2.75, 3.05) is 16.8 Å². The van der Waals surface area contributed by atoms with Gasteiger partial charge in [0.15, 0.2) is 11.6 Å². The van der Waals surface area contributed by atoms with E-state index in [1.54, 1.807) is 0 Å². The van der Waals surface area contributed by atoms with Crippen molar-refractivity contribution in [2.24, 2.45) is 0 Å². The number of carboxylic acid groups (broad SMARTS) is 1. The molecule has 0 aliphatic carbocycles. The van der Waals surface area contributed by atoms with Crippen LogP contribution < -0.4 is 5.32 Å². The Morgan fingerprint density at radius 1 is 1.53 bits per heavy atom. The Balaban J connectivity index is 2.15. The topological polar surface area (TPSA) is 62.2 Å². The van der Waals surface area contributed by atoms with Crippen LogP contribution in [0, 0.1) is 5.82 Å². The normalized spacial score (nSPS) is 16.8. The van der Waals surface area contributed by atoms with Crippen molar-refractivity contribution in [3.05, 3.63) is 23.6 Å². The van der Waals surface area contributed by atoms with Crippen molar-refractivity contribution in [1.29, 1.82) is 0 Å². The van der Waals surface area contributed by atoms with Crippen LogP contribution in [0.5, 0.6) is 0 Å². The van der Waals surface area contributed by atoms with Gasteiger partial charge in [0.2, 0.25) is 0 Å². The number of hydrogen-bond donors (Lipinski definition) is 2. The number of carboxylic acids is 1. The summed E-state index contributed by atoms with van der Waals surface area (Å²) in [5, 5.41) is 11.8. The third-order valence-corrected chi connectivity index (χ3v) is 3.73. The van der Waals surface area contributed by atoms with Crippen LogP contribution in [0.3, 0.4) is 0 Å². The van der Waals surface area contributed by atoms with Crippen LogP contribution in [0.2, 0.25) is 0 Å². The van der Waals surface area contributed by atoms with E-state index in [2.05, 4.69) is 10.3 Å². The van der Waals surface area contributed by atoms with E-state index in [9.17, 15) is 9.18 Å². The second-order valence-electron chi connectivity index (χ2n) is 3.86. The van der Waals surface area contributed by atoms with Crippen molar-refractivity contribution >= 4 is 23.5 Å². The van der Waals surface area contributed by atoms with Crippen LogP contribution >= 0.6 is 11.8 Å². The maximum Gasteiger partial charge on any atom is 0.338 e. The van der Waals surface area contributed by atoms with E-state index in [-0.39, 0.29) is 17.4 Å². The minimum Gasteiger partial charge on any atom is -0.478 e. The molecule has 0 radical (unpaired) electrons. The van der Waals surface area contributed by atoms with Gasteiger partial charge in [-0.1, -0.05) is 0 Å². The predicted octanol–water partition coefficient (Wildman–Crippen LogP) is 2.23. The summed E-state index contributed by atoms with van der Waals surface area (Å²) in [6, 6.07) is 1.35. The fourth-order valence-corrected chi connectivity index (χ4v) is 2.85. The van der Waals surface area contributed by atoms with Gasteiger partial charge in [-0.15, -0.1) is 0 Å². The smallest absolute Gasteiger partial charge is 0.338 e. The molecule has 0 unspecified atom stereocenters. The molecule has 0 spiro atoms. The highest BCUT2D eigenvalue weighted by molar-refractivity contribution is 7.99. The SMILES string of the molecule is O=C(O)c1ccnc(NC2CCSCC2)c1F. The van der Waals surface area contributed by atoms with Gasteiger partial charge in [-0.3, -0.25) is 0 Å². The van der Waals surface area contributed by atoms with Crippen molar-refractivity contribution in [3.63, 3.8) is 0 Å². The van der Waals surface area contributed by atoms with Crippen LogP contribution in [0.15, 0.2) is 12.3 Å². The maximum absolute atomic E-state index is 13.8. The van der Waals surface area contributed by atoms with Crippen LogP contribution in [0.25, 0.3) is 0 Å². The highest BCUT2D eigenvalue weighted by Crippen LogP contribution is 2.22. The molecule has 0 saturated carbocycles. The summed E-state index contributed by atoms with van der Waals surface area (Å²) in [6.07, 6.45) is 3.21. The molecule has 17 heavy (non-hydrogen) atoms. The summed E-state index contributed by atoms with van der Waals surface area (Å²) in [5.74, 6) is 0.0719. The molecule has 1 saturated heterocycles. The Kier molecular flexibility index (Phi) is 3.83. The second kappa shape index (κ2) is 5.35. The molecule has 1 aromatic rings. The average Bonchev–Trinajstić information content (AvgIpc) is 2.33. The summed E-state index contributed by atoms with van der Waals surface area (Å²) >= 11 is 1.87. The lowest BCUT2D eigenvalue weighted by Gasteiger charge is -2.23. The fourth-order valence-electron chi connectivity index (χ4n) is 1.74. The van der Waals surface area contributed by atoms with Crippen molar-refractivity contribution < 1.29 is 14.3 Å². The molecule has 0 atom stereocenters.